The Kier molecular flexibility index (Phi) is 7.94. The van der Waals surface area contributed by atoms with Gasteiger partial charge < -0.3 is 10.5 Å². The molecule has 13 heteroatoms. The second kappa shape index (κ2) is 10.4. The van der Waals surface area contributed by atoms with Gasteiger partial charge in [-0.1, -0.05) is 12.1 Å². The van der Waals surface area contributed by atoms with Gasteiger partial charge in [0.2, 0.25) is 0 Å². The van der Waals surface area contributed by atoms with E-state index in [2.05, 4.69) is 5.43 Å². The Morgan fingerprint density at radius 3 is 1.94 bits per heavy atom. The number of benzene rings is 2. The number of alkyl halides is 6. The van der Waals surface area contributed by atoms with Crippen molar-refractivity contribution < 1.29 is 45.1 Å². The van der Waals surface area contributed by atoms with Gasteiger partial charge in [0.05, 0.1) is 24.3 Å². The molecule has 0 spiro atoms. The zero-order valence-corrected chi connectivity index (χ0v) is 18.7. The summed E-state index contributed by atoms with van der Waals surface area (Å²) in [6, 6.07) is 6.72. The van der Waals surface area contributed by atoms with Crippen LogP contribution in [0, 0.1) is 5.82 Å². The largest absolute Gasteiger partial charge is 0.416 e. The van der Waals surface area contributed by atoms with Crippen molar-refractivity contribution in [3.8, 4) is 0 Å². The molecule has 36 heavy (non-hydrogen) atoms. The van der Waals surface area contributed by atoms with Crippen molar-refractivity contribution in [2.24, 2.45) is 5.73 Å². The van der Waals surface area contributed by atoms with Crippen LogP contribution in [0.15, 0.2) is 42.5 Å². The molecule has 1 heterocycles. The van der Waals surface area contributed by atoms with E-state index in [0.717, 1.165) is 0 Å². The maximum Gasteiger partial charge on any atom is 0.416 e. The number of piperidine rings is 1. The second-order valence-electron chi connectivity index (χ2n) is 8.49. The number of ether oxygens (including phenoxy) is 1. The summed E-state index contributed by atoms with van der Waals surface area (Å²) in [4.78, 5) is 22.5. The Bertz CT molecular complexity index is 1060. The number of hydrazine groups is 1. The molecule has 1 saturated heterocycles. The number of primary amides is 1. The van der Waals surface area contributed by atoms with Crippen molar-refractivity contribution >= 4 is 11.8 Å². The fourth-order valence-corrected chi connectivity index (χ4v) is 4.03. The van der Waals surface area contributed by atoms with E-state index in [1.54, 1.807) is 0 Å². The van der Waals surface area contributed by atoms with Crippen molar-refractivity contribution in [1.29, 1.82) is 0 Å². The molecule has 0 aromatic heterocycles. The summed E-state index contributed by atoms with van der Waals surface area (Å²) in [6.45, 7) is -0.186. The molecule has 2 aromatic carbocycles. The molecule has 0 bridgehead atoms. The summed E-state index contributed by atoms with van der Waals surface area (Å²) < 4.78 is 97.9. The van der Waals surface area contributed by atoms with E-state index in [-0.39, 0.29) is 31.3 Å². The predicted molar refractivity (Wildman–Crippen MR) is 112 cm³/mol. The van der Waals surface area contributed by atoms with E-state index in [9.17, 15) is 40.3 Å². The molecule has 0 unspecified atom stereocenters. The summed E-state index contributed by atoms with van der Waals surface area (Å²) in [6.07, 6.45) is -9.33. The smallest absolute Gasteiger partial charge is 0.376 e. The Morgan fingerprint density at radius 2 is 1.47 bits per heavy atom. The topological polar surface area (TPSA) is 84.7 Å². The van der Waals surface area contributed by atoms with Crippen LogP contribution in [0.2, 0.25) is 0 Å². The molecular weight excluding hydrogens is 499 g/mol. The van der Waals surface area contributed by atoms with Gasteiger partial charge in [-0.25, -0.2) is 9.40 Å². The monoisotopic (exact) mass is 521 g/mol. The number of nitrogens with one attached hydrogen (secondary N) is 1. The number of hydrogen-bond donors (Lipinski definition) is 2. The Morgan fingerprint density at radius 1 is 0.944 bits per heavy atom. The van der Waals surface area contributed by atoms with Crippen LogP contribution < -0.4 is 11.2 Å². The number of amides is 2. The lowest BCUT2D eigenvalue weighted by atomic mass is 9.73. The highest BCUT2D eigenvalue weighted by atomic mass is 19.4. The third kappa shape index (κ3) is 6.72. The quantitative estimate of drug-likeness (QED) is 0.446. The first-order valence-corrected chi connectivity index (χ1v) is 10.7. The summed E-state index contributed by atoms with van der Waals surface area (Å²) >= 11 is 0. The highest BCUT2D eigenvalue weighted by Gasteiger charge is 2.39. The number of hydrogen-bond acceptors (Lipinski definition) is 4. The fourth-order valence-electron chi connectivity index (χ4n) is 4.03. The van der Waals surface area contributed by atoms with Gasteiger partial charge in [0, 0.05) is 18.5 Å². The Hall–Kier alpha value is -3.19. The van der Waals surface area contributed by atoms with Crippen molar-refractivity contribution in [3.05, 3.63) is 70.5 Å². The van der Waals surface area contributed by atoms with E-state index >= 15 is 0 Å². The molecule has 0 aliphatic carbocycles. The Balaban J connectivity index is 1.79. The molecule has 1 aliphatic heterocycles. The lowest BCUT2D eigenvalue weighted by molar-refractivity contribution is -0.143. The van der Waals surface area contributed by atoms with Crippen LogP contribution in [0.4, 0.5) is 30.7 Å². The minimum atomic E-state index is -4.98. The maximum absolute atomic E-state index is 13.5. The first-order valence-electron chi connectivity index (χ1n) is 10.7. The molecular formula is C23H22F7N3O3. The van der Waals surface area contributed by atoms with Crippen molar-refractivity contribution in [2.45, 2.75) is 37.2 Å². The highest BCUT2D eigenvalue weighted by Crippen LogP contribution is 2.38. The van der Waals surface area contributed by atoms with E-state index < -0.39 is 53.1 Å². The van der Waals surface area contributed by atoms with Gasteiger partial charge in [-0.15, -0.1) is 0 Å². The van der Waals surface area contributed by atoms with Crippen LogP contribution in [0.5, 0.6) is 0 Å². The molecule has 3 N–H and O–H groups in total. The van der Waals surface area contributed by atoms with Gasteiger partial charge >= 0.3 is 24.2 Å². The summed E-state index contributed by atoms with van der Waals surface area (Å²) in [7, 11) is 0. The van der Waals surface area contributed by atoms with Crippen LogP contribution in [0.3, 0.4) is 0 Å². The SMILES string of the molecule is NC(=O)C(=O)NN1CCC(COCc2cc(C(F)(F)F)cc(C(F)(F)F)c2)(c2ccc(F)cc2)CC1. The molecule has 0 saturated carbocycles. The van der Waals surface area contributed by atoms with E-state index in [1.165, 1.54) is 29.3 Å². The molecule has 2 aromatic rings. The summed E-state index contributed by atoms with van der Waals surface area (Å²) in [5.74, 6) is -2.68. The predicted octanol–water partition coefficient (Wildman–Crippen LogP) is 3.93. The number of halogens is 7. The van der Waals surface area contributed by atoms with Crippen LogP contribution in [0.1, 0.15) is 35.1 Å². The number of carbonyl (C=O) groups is 2. The third-order valence-electron chi connectivity index (χ3n) is 5.96. The van der Waals surface area contributed by atoms with Crippen molar-refractivity contribution in [3.63, 3.8) is 0 Å². The zero-order valence-electron chi connectivity index (χ0n) is 18.7. The maximum atomic E-state index is 13.5. The minimum Gasteiger partial charge on any atom is -0.376 e. The standard InChI is InChI=1S/C23H22F7N3O3/c24-18-3-1-15(2-4-18)21(5-7-33(8-6-21)32-20(35)19(31)34)13-36-12-14-9-16(22(25,26)27)11-17(10-14)23(28,29)30/h1-4,9-11H,5-8,12-13H2,(H2,31,34)(H,32,35). The van der Waals surface area contributed by atoms with Gasteiger partial charge in [-0.3, -0.25) is 15.0 Å². The van der Waals surface area contributed by atoms with Crippen LogP contribution in [0.25, 0.3) is 0 Å². The molecule has 1 fully saturated rings. The summed E-state index contributed by atoms with van der Waals surface area (Å²) in [5, 5.41) is 1.46. The lowest BCUT2D eigenvalue weighted by Gasteiger charge is -2.42. The van der Waals surface area contributed by atoms with Crippen molar-refractivity contribution in [2.75, 3.05) is 19.7 Å². The lowest BCUT2D eigenvalue weighted by Crippen LogP contribution is -2.54. The molecule has 1 aliphatic rings. The third-order valence-corrected chi connectivity index (χ3v) is 5.96. The van der Waals surface area contributed by atoms with E-state index in [0.29, 0.717) is 30.5 Å². The Labute approximate surface area is 201 Å². The van der Waals surface area contributed by atoms with Crippen molar-refractivity contribution in [1.82, 2.24) is 10.4 Å². The molecule has 6 nitrogen and oxygen atoms in total. The molecule has 2 amide bonds. The van der Waals surface area contributed by atoms with Crippen LogP contribution in [-0.4, -0.2) is 36.5 Å². The molecule has 0 radical (unpaired) electrons. The number of nitrogens with zero attached hydrogens (tertiary/aromatic N) is 1. The number of carbonyl (C=O) groups excluding carboxylic acids is 2. The van der Waals surface area contributed by atoms with Gasteiger partial charge in [0.15, 0.2) is 0 Å². The molecule has 3 rings (SSSR count). The minimum absolute atomic E-state index is 0.0413. The fraction of sp³-hybridized carbons (Fsp3) is 0.391. The van der Waals surface area contributed by atoms with Gasteiger partial charge in [-0.2, -0.15) is 26.3 Å². The van der Waals surface area contributed by atoms with E-state index in [1.807, 2.05) is 0 Å². The van der Waals surface area contributed by atoms with Gasteiger partial charge in [-0.05, 0) is 54.3 Å². The molecule has 196 valence electrons. The number of rotatable bonds is 6. The second-order valence-corrected chi connectivity index (χ2v) is 8.49. The van der Waals surface area contributed by atoms with E-state index in [4.69, 9.17) is 10.5 Å². The first kappa shape index (κ1) is 27.4. The normalized spacial score (nSPS) is 16.5. The highest BCUT2D eigenvalue weighted by molar-refractivity contribution is 6.34. The number of nitrogens with two attached hydrogens (primary N) is 1. The average Bonchev–Trinajstić information content (AvgIpc) is 2.79. The van der Waals surface area contributed by atoms with Crippen LogP contribution >= 0.6 is 0 Å². The van der Waals surface area contributed by atoms with Crippen LogP contribution in [-0.2, 0) is 38.7 Å². The average molecular weight is 521 g/mol. The zero-order chi connectivity index (χ0) is 26.7. The van der Waals surface area contributed by atoms with Gasteiger partial charge in [0.1, 0.15) is 5.82 Å². The summed E-state index contributed by atoms with van der Waals surface area (Å²) in [5.41, 5.74) is 3.95. The first-order chi connectivity index (χ1) is 16.7. The van der Waals surface area contributed by atoms with Gasteiger partial charge in [0.25, 0.3) is 0 Å². The molecule has 0 atom stereocenters.